The summed E-state index contributed by atoms with van der Waals surface area (Å²) < 4.78 is 5.51. The number of nitrogens with zero attached hydrogens (tertiary/aromatic N) is 1. The molecule has 0 aromatic heterocycles. The minimum absolute atomic E-state index is 0.00660. The molecule has 2 rings (SSSR count). The second-order valence-corrected chi connectivity index (χ2v) is 6.05. The Kier molecular flexibility index (Phi) is 5.24. The Balaban J connectivity index is 2.24. The van der Waals surface area contributed by atoms with E-state index in [2.05, 4.69) is 0 Å². The van der Waals surface area contributed by atoms with E-state index in [4.69, 9.17) is 16.3 Å². The molecule has 4 nitrogen and oxygen atoms in total. The van der Waals surface area contributed by atoms with Crippen LogP contribution in [0.5, 0.6) is 5.75 Å². The van der Waals surface area contributed by atoms with Crippen molar-refractivity contribution in [2.75, 3.05) is 13.2 Å². The first-order chi connectivity index (χ1) is 10.5. The standard InChI is InChI=1S/C17H20ClNO3/c1-4-9-22-13-7-5-12(6-8-13)14-15(18)17(21)19(16(14)20)10-11(2)3/h5-8,11H,4,9-10H2,1-3H3. The van der Waals surface area contributed by atoms with Crippen LogP contribution in [-0.2, 0) is 9.59 Å². The van der Waals surface area contributed by atoms with Crippen molar-refractivity contribution in [3.05, 3.63) is 34.9 Å². The summed E-state index contributed by atoms with van der Waals surface area (Å²) in [6.07, 6.45) is 0.926. The van der Waals surface area contributed by atoms with Gasteiger partial charge in [0.15, 0.2) is 0 Å². The first kappa shape index (κ1) is 16.6. The average Bonchev–Trinajstić information content (AvgIpc) is 2.69. The van der Waals surface area contributed by atoms with Crippen LogP contribution in [-0.4, -0.2) is 29.9 Å². The Bertz CT molecular complexity index is 605. The third-order valence-electron chi connectivity index (χ3n) is 3.27. The Morgan fingerprint density at radius 2 is 1.77 bits per heavy atom. The molecule has 1 aliphatic rings. The monoisotopic (exact) mass is 321 g/mol. The molecule has 0 N–H and O–H groups in total. The number of imide groups is 1. The van der Waals surface area contributed by atoms with Gasteiger partial charge in [0.1, 0.15) is 10.8 Å². The highest BCUT2D eigenvalue weighted by Gasteiger charge is 2.38. The van der Waals surface area contributed by atoms with E-state index in [0.717, 1.165) is 12.2 Å². The van der Waals surface area contributed by atoms with Gasteiger partial charge in [0.2, 0.25) is 0 Å². The summed E-state index contributed by atoms with van der Waals surface area (Å²) in [6.45, 7) is 6.95. The molecule has 118 valence electrons. The largest absolute Gasteiger partial charge is 0.494 e. The molecule has 1 aliphatic heterocycles. The number of carbonyl (C=O) groups is 2. The van der Waals surface area contributed by atoms with Crippen molar-refractivity contribution >= 4 is 29.0 Å². The molecule has 1 aromatic rings. The molecular formula is C17H20ClNO3. The lowest BCUT2D eigenvalue weighted by atomic mass is 10.1. The third-order valence-corrected chi connectivity index (χ3v) is 3.63. The minimum atomic E-state index is -0.415. The smallest absolute Gasteiger partial charge is 0.273 e. The van der Waals surface area contributed by atoms with Crippen LogP contribution in [0.3, 0.4) is 0 Å². The van der Waals surface area contributed by atoms with Crippen molar-refractivity contribution in [2.45, 2.75) is 27.2 Å². The lowest BCUT2D eigenvalue weighted by molar-refractivity contribution is -0.137. The highest BCUT2D eigenvalue weighted by Crippen LogP contribution is 2.32. The Hall–Kier alpha value is -1.81. The molecule has 0 saturated heterocycles. The molecule has 1 heterocycles. The van der Waals surface area contributed by atoms with Gasteiger partial charge in [-0.1, -0.05) is 44.5 Å². The molecule has 0 bridgehead atoms. The van der Waals surface area contributed by atoms with Crippen LogP contribution in [0.4, 0.5) is 0 Å². The van der Waals surface area contributed by atoms with E-state index in [0.29, 0.717) is 18.7 Å². The maximum absolute atomic E-state index is 12.5. The van der Waals surface area contributed by atoms with Crippen molar-refractivity contribution in [1.82, 2.24) is 4.90 Å². The van der Waals surface area contributed by atoms with Crippen LogP contribution in [0.2, 0.25) is 0 Å². The van der Waals surface area contributed by atoms with Crippen molar-refractivity contribution in [1.29, 1.82) is 0 Å². The van der Waals surface area contributed by atoms with E-state index >= 15 is 0 Å². The molecule has 0 saturated carbocycles. The van der Waals surface area contributed by atoms with Gasteiger partial charge in [-0.2, -0.15) is 0 Å². The molecule has 2 amide bonds. The summed E-state index contributed by atoms with van der Waals surface area (Å²) in [4.78, 5) is 25.8. The van der Waals surface area contributed by atoms with Crippen molar-refractivity contribution in [3.63, 3.8) is 0 Å². The molecule has 0 atom stereocenters. The molecular weight excluding hydrogens is 302 g/mol. The highest BCUT2D eigenvalue weighted by atomic mass is 35.5. The van der Waals surface area contributed by atoms with Gasteiger partial charge in [-0.05, 0) is 30.0 Å². The van der Waals surface area contributed by atoms with Crippen LogP contribution in [0.25, 0.3) is 5.57 Å². The van der Waals surface area contributed by atoms with Crippen molar-refractivity contribution in [2.24, 2.45) is 5.92 Å². The van der Waals surface area contributed by atoms with E-state index in [9.17, 15) is 9.59 Å². The van der Waals surface area contributed by atoms with Gasteiger partial charge >= 0.3 is 0 Å². The molecule has 0 aliphatic carbocycles. The van der Waals surface area contributed by atoms with Gasteiger partial charge in [0, 0.05) is 6.54 Å². The molecule has 0 radical (unpaired) electrons. The zero-order valence-corrected chi connectivity index (χ0v) is 13.8. The van der Waals surface area contributed by atoms with Crippen molar-refractivity contribution in [3.8, 4) is 5.75 Å². The fourth-order valence-corrected chi connectivity index (χ4v) is 2.56. The summed E-state index contributed by atoms with van der Waals surface area (Å²) in [5.41, 5.74) is 0.910. The van der Waals surface area contributed by atoms with E-state index in [1.165, 1.54) is 4.90 Å². The fraction of sp³-hybridized carbons (Fsp3) is 0.412. The highest BCUT2D eigenvalue weighted by molar-refractivity contribution is 6.55. The summed E-state index contributed by atoms with van der Waals surface area (Å²) in [5.74, 6) is 0.187. The van der Waals surface area contributed by atoms with Crippen molar-refractivity contribution < 1.29 is 14.3 Å². The second-order valence-electron chi connectivity index (χ2n) is 5.68. The molecule has 0 unspecified atom stereocenters. The van der Waals surface area contributed by atoms with Crippen LogP contribution < -0.4 is 4.74 Å². The van der Waals surface area contributed by atoms with Gasteiger partial charge in [-0.25, -0.2) is 0 Å². The Labute approximate surface area is 135 Å². The lowest BCUT2D eigenvalue weighted by Gasteiger charge is -2.17. The normalized spacial score (nSPS) is 15.2. The predicted molar refractivity (Wildman–Crippen MR) is 86.6 cm³/mol. The van der Waals surface area contributed by atoms with Crippen LogP contribution in [0.15, 0.2) is 29.3 Å². The van der Waals surface area contributed by atoms with E-state index in [1.807, 2.05) is 20.8 Å². The molecule has 0 fully saturated rings. The lowest BCUT2D eigenvalue weighted by Crippen LogP contribution is -2.34. The topological polar surface area (TPSA) is 46.6 Å². The number of hydrogen-bond donors (Lipinski definition) is 0. The first-order valence-corrected chi connectivity index (χ1v) is 7.82. The summed E-state index contributed by atoms with van der Waals surface area (Å²) in [5, 5.41) is -0.00660. The summed E-state index contributed by atoms with van der Waals surface area (Å²) in [7, 11) is 0. The predicted octanol–water partition coefficient (Wildman–Crippen LogP) is 3.45. The third kappa shape index (κ3) is 3.33. The SMILES string of the molecule is CCCOc1ccc(C2=C(Cl)C(=O)N(CC(C)C)C2=O)cc1. The maximum atomic E-state index is 12.5. The number of amides is 2. The fourth-order valence-electron chi connectivity index (χ4n) is 2.27. The van der Waals surface area contributed by atoms with Gasteiger partial charge in [0.05, 0.1) is 12.2 Å². The molecule has 5 heteroatoms. The summed E-state index contributed by atoms with van der Waals surface area (Å²) in [6, 6.07) is 7.08. The number of hydrogen-bond acceptors (Lipinski definition) is 3. The summed E-state index contributed by atoms with van der Waals surface area (Å²) >= 11 is 6.10. The number of rotatable bonds is 6. The number of benzene rings is 1. The zero-order valence-electron chi connectivity index (χ0n) is 13.1. The van der Waals surface area contributed by atoms with Crippen LogP contribution in [0.1, 0.15) is 32.8 Å². The quantitative estimate of drug-likeness (QED) is 0.754. The first-order valence-electron chi connectivity index (χ1n) is 7.44. The van der Waals surface area contributed by atoms with Crippen LogP contribution in [0, 0.1) is 5.92 Å². The number of ether oxygens (including phenoxy) is 1. The van der Waals surface area contributed by atoms with Gasteiger partial charge in [-0.15, -0.1) is 0 Å². The second kappa shape index (κ2) is 6.97. The van der Waals surface area contributed by atoms with E-state index < -0.39 is 5.91 Å². The Morgan fingerprint density at radius 1 is 1.14 bits per heavy atom. The molecule has 0 spiro atoms. The van der Waals surface area contributed by atoms with Gasteiger partial charge < -0.3 is 4.74 Å². The van der Waals surface area contributed by atoms with E-state index in [1.54, 1.807) is 24.3 Å². The van der Waals surface area contributed by atoms with Gasteiger partial charge in [-0.3, -0.25) is 14.5 Å². The number of halogens is 1. The molecule has 22 heavy (non-hydrogen) atoms. The number of carbonyl (C=O) groups excluding carboxylic acids is 2. The maximum Gasteiger partial charge on any atom is 0.273 e. The average molecular weight is 322 g/mol. The Morgan fingerprint density at radius 3 is 2.32 bits per heavy atom. The van der Waals surface area contributed by atoms with Gasteiger partial charge in [0.25, 0.3) is 11.8 Å². The van der Waals surface area contributed by atoms with E-state index in [-0.39, 0.29) is 22.4 Å². The van der Waals surface area contributed by atoms with Crippen LogP contribution >= 0.6 is 11.6 Å². The minimum Gasteiger partial charge on any atom is -0.494 e. The molecule has 1 aromatic carbocycles. The zero-order chi connectivity index (χ0) is 16.3.